The lowest BCUT2D eigenvalue weighted by Gasteiger charge is -2.06. The van der Waals surface area contributed by atoms with Gasteiger partial charge in [0.2, 0.25) is 0 Å². The van der Waals surface area contributed by atoms with Crippen LogP contribution in [0.1, 0.15) is 23.7 Å². The number of nitrogens with one attached hydrogen (secondary N) is 1. The molecule has 17 heavy (non-hydrogen) atoms. The SMILES string of the molecule is CCCSc1ccc2c3c(cccc13)C(=O)N2. The molecule has 0 aromatic heterocycles. The van der Waals surface area contributed by atoms with E-state index in [0.29, 0.717) is 0 Å². The summed E-state index contributed by atoms with van der Waals surface area (Å²) >= 11 is 1.86. The first kappa shape index (κ1) is 10.7. The van der Waals surface area contributed by atoms with Gasteiger partial charge in [0.15, 0.2) is 0 Å². The highest BCUT2D eigenvalue weighted by molar-refractivity contribution is 7.99. The van der Waals surface area contributed by atoms with Crippen LogP contribution in [-0.4, -0.2) is 11.7 Å². The molecule has 1 amide bonds. The smallest absolute Gasteiger partial charge is 0.256 e. The van der Waals surface area contributed by atoms with Gasteiger partial charge in [-0.25, -0.2) is 0 Å². The summed E-state index contributed by atoms with van der Waals surface area (Å²) in [7, 11) is 0. The molecule has 1 N–H and O–H groups in total. The van der Waals surface area contributed by atoms with Gasteiger partial charge < -0.3 is 5.32 Å². The van der Waals surface area contributed by atoms with Gasteiger partial charge >= 0.3 is 0 Å². The van der Waals surface area contributed by atoms with Crippen LogP contribution in [0.5, 0.6) is 0 Å². The van der Waals surface area contributed by atoms with Crippen molar-refractivity contribution in [2.24, 2.45) is 0 Å². The molecule has 0 atom stereocenters. The summed E-state index contributed by atoms with van der Waals surface area (Å²) in [5.74, 6) is 1.13. The second-order valence-corrected chi connectivity index (χ2v) is 5.28. The molecular weight excluding hydrogens is 230 g/mol. The Morgan fingerprint density at radius 3 is 2.94 bits per heavy atom. The van der Waals surface area contributed by atoms with Crippen LogP contribution in [0.2, 0.25) is 0 Å². The molecule has 0 bridgehead atoms. The van der Waals surface area contributed by atoms with E-state index in [1.165, 1.54) is 10.3 Å². The van der Waals surface area contributed by atoms with E-state index in [9.17, 15) is 4.79 Å². The lowest BCUT2D eigenvalue weighted by atomic mass is 10.1. The summed E-state index contributed by atoms with van der Waals surface area (Å²) in [6.07, 6.45) is 1.16. The van der Waals surface area contributed by atoms with Crippen molar-refractivity contribution in [2.45, 2.75) is 18.2 Å². The number of amides is 1. The summed E-state index contributed by atoms with van der Waals surface area (Å²) in [5.41, 5.74) is 1.75. The lowest BCUT2D eigenvalue weighted by Crippen LogP contribution is -2.03. The fraction of sp³-hybridized carbons (Fsp3) is 0.214. The Kier molecular flexibility index (Phi) is 2.56. The average Bonchev–Trinajstić information content (AvgIpc) is 2.68. The van der Waals surface area contributed by atoms with Crippen molar-refractivity contribution in [3.8, 4) is 0 Å². The molecular formula is C14H13NOS. The molecule has 1 aliphatic heterocycles. The van der Waals surface area contributed by atoms with Crippen LogP contribution in [0.3, 0.4) is 0 Å². The van der Waals surface area contributed by atoms with Gasteiger partial charge in [-0.15, -0.1) is 11.8 Å². The number of benzene rings is 2. The van der Waals surface area contributed by atoms with Gasteiger partial charge in [0.1, 0.15) is 0 Å². The van der Waals surface area contributed by atoms with E-state index in [0.717, 1.165) is 28.8 Å². The Hall–Kier alpha value is -1.48. The third kappa shape index (κ3) is 1.62. The van der Waals surface area contributed by atoms with E-state index in [2.05, 4.69) is 24.4 Å². The van der Waals surface area contributed by atoms with Crippen molar-refractivity contribution in [1.82, 2.24) is 0 Å². The highest BCUT2D eigenvalue weighted by Gasteiger charge is 2.21. The van der Waals surface area contributed by atoms with Crippen molar-refractivity contribution in [1.29, 1.82) is 0 Å². The topological polar surface area (TPSA) is 29.1 Å². The van der Waals surface area contributed by atoms with E-state index >= 15 is 0 Å². The van der Waals surface area contributed by atoms with Gasteiger partial charge in [-0.1, -0.05) is 19.1 Å². The number of hydrogen-bond acceptors (Lipinski definition) is 2. The second kappa shape index (κ2) is 4.08. The molecule has 1 heterocycles. The van der Waals surface area contributed by atoms with Crippen LogP contribution in [0.4, 0.5) is 5.69 Å². The number of rotatable bonds is 3. The lowest BCUT2D eigenvalue weighted by molar-refractivity contribution is 0.103. The molecule has 86 valence electrons. The van der Waals surface area contributed by atoms with Crippen LogP contribution in [0.15, 0.2) is 35.2 Å². The Bertz CT molecular complexity index is 606. The van der Waals surface area contributed by atoms with Crippen molar-refractivity contribution in [2.75, 3.05) is 11.1 Å². The molecule has 3 heteroatoms. The fourth-order valence-electron chi connectivity index (χ4n) is 2.20. The first-order valence-corrected chi connectivity index (χ1v) is 6.79. The first-order valence-electron chi connectivity index (χ1n) is 5.81. The number of thioether (sulfide) groups is 1. The Balaban J connectivity index is 2.22. The summed E-state index contributed by atoms with van der Waals surface area (Å²) in [6, 6.07) is 10.1. The molecule has 0 fully saturated rings. The van der Waals surface area contributed by atoms with Gasteiger partial charge in [-0.3, -0.25) is 4.79 Å². The predicted molar refractivity (Wildman–Crippen MR) is 72.9 cm³/mol. The van der Waals surface area contributed by atoms with E-state index in [1.54, 1.807) is 0 Å². The number of anilines is 1. The largest absolute Gasteiger partial charge is 0.321 e. The molecule has 2 aromatic rings. The zero-order valence-corrected chi connectivity index (χ0v) is 10.4. The Morgan fingerprint density at radius 1 is 1.24 bits per heavy atom. The van der Waals surface area contributed by atoms with Crippen LogP contribution < -0.4 is 5.32 Å². The van der Waals surface area contributed by atoms with Crippen molar-refractivity contribution in [3.63, 3.8) is 0 Å². The van der Waals surface area contributed by atoms with Gasteiger partial charge in [-0.2, -0.15) is 0 Å². The maximum absolute atomic E-state index is 11.8. The first-order chi connectivity index (χ1) is 8.31. The van der Waals surface area contributed by atoms with Crippen LogP contribution in [-0.2, 0) is 0 Å². The highest BCUT2D eigenvalue weighted by Crippen LogP contribution is 2.38. The van der Waals surface area contributed by atoms with Crippen LogP contribution >= 0.6 is 11.8 Å². The predicted octanol–water partition coefficient (Wildman–Crippen LogP) is 3.91. The molecule has 2 nitrogen and oxygen atoms in total. The number of carbonyl (C=O) groups is 1. The van der Waals surface area contributed by atoms with Crippen LogP contribution in [0.25, 0.3) is 10.8 Å². The standard InChI is InChI=1S/C14H13NOS/c1-2-8-17-12-7-6-11-13-9(12)4-3-5-10(13)14(16)15-11/h3-7H,2,8H2,1H3,(H,15,16). The highest BCUT2D eigenvalue weighted by atomic mass is 32.2. The fourth-order valence-corrected chi connectivity index (χ4v) is 3.11. The van der Waals surface area contributed by atoms with Crippen molar-refractivity contribution < 1.29 is 4.79 Å². The van der Waals surface area contributed by atoms with Gasteiger partial charge in [0, 0.05) is 21.5 Å². The molecule has 3 rings (SSSR count). The summed E-state index contributed by atoms with van der Waals surface area (Å²) < 4.78 is 0. The van der Waals surface area contributed by atoms with Gasteiger partial charge in [0.05, 0.1) is 0 Å². The van der Waals surface area contributed by atoms with E-state index in [1.807, 2.05) is 30.0 Å². The minimum Gasteiger partial charge on any atom is -0.321 e. The molecule has 1 aliphatic rings. The monoisotopic (exact) mass is 243 g/mol. The van der Waals surface area contributed by atoms with Gasteiger partial charge in [-0.05, 0) is 35.8 Å². The Morgan fingerprint density at radius 2 is 2.12 bits per heavy atom. The zero-order chi connectivity index (χ0) is 11.8. The maximum atomic E-state index is 11.8. The molecule has 0 spiro atoms. The third-order valence-electron chi connectivity index (χ3n) is 2.96. The van der Waals surface area contributed by atoms with Crippen molar-refractivity contribution >= 4 is 34.1 Å². The summed E-state index contributed by atoms with van der Waals surface area (Å²) in [4.78, 5) is 13.0. The molecule has 0 unspecified atom stereocenters. The molecule has 0 saturated carbocycles. The van der Waals surface area contributed by atoms with E-state index < -0.39 is 0 Å². The number of carbonyl (C=O) groups excluding carboxylic acids is 1. The maximum Gasteiger partial charge on any atom is 0.256 e. The molecule has 0 saturated heterocycles. The average molecular weight is 243 g/mol. The molecule has 0 aliphatic carbocycles. The van der Waals surface area contributed by atoms with Crippen LogP contribution in [0, 0.1) is 0 Å². The zero-order valence-electron chi connectivity index (χ0n) is 9.62. The minimum absolute atomic E-state index is 0.0169. The number of hydrogen-bond donors (Lipinski definition) is 1. The summed E-state index contributed by atoms with van der Waals surface area (Å²) in [5, 5.41) is 5.18. The van der Waals surface area contributed by atoms with Crippen molar-refractivity contribution in [3.05, 3.63) is 35.9 Å². The summed E-state index contributed by atoms with van der Waals surface area (Å²) in [6.45, 7) is 2.18. The normalized spacial score (nSPS) is 13.1. The molecule has 0 radical (unpaired) electrons. The van der Waals surface area contributed by atoms with Gasteiger partial charge in [0.25, 0.3) is 5.91 Å². The van der Waals surface area contributed by atoms with E-state index in [4.69, 9.17) is 0 Å². The second-order valence-electron chi connectivity index (χ2n) is 4.14. The third-order valence-corrected chi connectivity index (χ3v) is 4.23. The quantitative estimate of drug-likeness (QED) is 0.828. The molecule has 2 aromatic carbocycles. The minimum atomic E-state index is 0.0169. The van der Waals surface area contributed by atoms with E-state index in [-0.39, 0.29) is 5.91 Å². The Labute approximate surface area is 104 Å².